The van der Waals surface area contributed by atoms with E-state index in [0.717, 1.165) is 19.6 Å². The molecule has 0 saturated heterocycles. The predicted octanol–water partition coefficient (Wildman–Crippen LogP) is 4.77. The molecule has 0 atom stereocenters. The first-order valence-corrected chi connectivity index (χ1v) is 18.1. The third-order valence-electron chi connectivity index (χ3n) is 6.48. The molecule has 0 heterocycles. The van der Waals surface area contributed by atoms with Gasteiger partial charge < -0.3 is 0 Å². The molecule has 5 aromatic carbocycles. The van der Waals surface area contributed by atoms with Crippen molar-refractivity contribution in [2.45, 2.75) is 0 Å². The molecule has 0 amide bonds. The maximum absolute atomic E-state index is 13.9. The average molecular weight is 577 g/mol. The second-order valence-electron chi connectivity index (χ2n) is 8.53. The number of rotatable bonds is 7. The van der Waals surface area contributed by atoms with Gasteiger partial charge >= 0.3 is 215 Å². The molecule has 0 aliphatic carbocycles. The SMILES string of the molecule is O=C(C=Cc1ccccc1)[O][Sb]([c]1ccccc1)([c]1ccccc1)([c]1ccccc1)[c]1ccccc1. The summed E-state index contributed by atoms with van der Waals surface area (Å²) in [5, 5.41) is 0. The van der Waals surface area contributed by atoms with Gasteiger partial charge in [0, 0.05) is 0 Å². The van der Waals surface area contributed by atoms with Crippen LogP contribution in [0.3, 0.4) is 0 Å². The van der Waals surface area contributed by atoms with Crippen LogP contribution in [-0.2, 0) is 7.81 Å². The van der Waals surface area contributed by atoms with Crippen LogP contribution in [0.4, 0.5) is 0 Å². The minimum absolute atomic E-state index is 0.360. The van der Waals surface area contributed by atoms with Gasteiger partial charge in [0.15, 0.2) is 0 Å². The van der Waals surface area contributed by atoms with Crippen LogP contribution in [-0.4, -0.2) is 23.8 Å². The van der Waals surface area contributed by atoms with Crippen molar-refractivity contribution in [1.82, 2.24) is 0 Å². The molecule has 0 fully saturated rings. The molecule has 0 bridgehead atoms. The Morgan fingerprint density at radius 1 is 0.472 bits per heavy atom. The Morgan fingerprint density at radius 3 is 1.11 bits per heavy atom. The van der Waals surface area contributed by atoms with Crippen LogP contribution in [0.5, 0.6) is 0 Å². The van der Waals surface area contributed by atoms with Gasteiger partial charge in [-0.25, -0.2) is 0 Å². The summed E-state index contributed by atoms with van der Waals surface area (Å²) in [6, 6.07) is 51.0. The average Bonchev–Trinajstić information content (AvgIpc) is 2.97. The van der Waals surface area contributed by atoms with E-state index in [1.54, 1.807) is 6.08 Å². The van der Waals surface area contributed by atoms with Gasteiger partial charge in [-0.1, -0.05) is 0 Å². The first-order chi connectivity index (χ1) is 17.7. The summed E-state index contributed by atoms with van der Waals surface area (Å²) in [7, 11) is 0. The molecule has 0 unspecified atom stereocenters. The number of carbonyl (C=O) groups excluding carboxylic acids is 1. The molecule has 0 aliphatic rings. The van der Waals surface area contributed by atoms with E-state index < -0.39 is 17.8 Å². The monoisotopic (exact) mass is 576 g/mol. The Labute approximate surface area is 214 Å². The first-order valence-electron chi connectivity index (χ1n) is 11.9. The Kier molecular flexibility index (Phi) is 6.89. The Hall–Kier alpha value is -3.87. The van der Waals surface area contributed by atoms with Crippen LogP contribution in [0.25, 0.3) is 6.08 Å². The molecule has 5 aromatic rings. The molecule has 2 nitrogen and oxygen atoms in total. The molecule has 36 heavy (non-hydrogen) atoms. The quantitative estimate of drug-likeness (QED) is 0.206. The molecular weight excluding hydrogens is 550 g/mol. The Balaban J connectivity index is 1.87. The molecule has 0 saturated carbocycles. The second-order valence-corrected chi connectivity index (χ2v) is 20.9. The van der Waals surface area contributed by atoms with Crippen LogP contribution < -0.4 is 14.0 Å². The number of benzene rings is 5. The van der Waals surface area contributed by atoms with Crippen molar-refractivity contribution in [3.63, 3.8) is 0 Å². The second kappa shape index (κ2) is 10.4. The third-order valence-corrected chi connectivity index (χ3v) is 22.7. The molecule has 0 radical (unpaired) electrons. The summed E-state index contributed by atoms with van der Waals surface area (Å²) in [6.45, 7) is 0. The van der Waals surface area contributed by atoms with Crippen molar-refractivity contribution < 1.29 is 7.81 Å². The Bertz CT molecular complexity index is 1280. The summed E-state index contributed by atoms with van der Waals surface area (Å²) in [5.41, 5.74) is 0.946. The first kappa shape index (κ1) is 23.9. The molecule has 0 spiro atoms. The zero-order chi connectivity index (χ0) is 24.7. The van der Waals surface area contributed by atoms with Crippen molar-refractivity contribution in [3.8, 4) is 0 Å². The van der Waals surface area contributed by atoms with Gasteiger partial charge in [-0.15, -0.1) is 0 Å². The molecule has 3 heteroatoms. The fourth-order valence-electron chi connectivity index (χ4n) is 4.89. The predicted molar refractivity (Wildman–Crippen MR) is 152 cm³/mol. The van der Waals surface area contributed by atoms with Crippen molar-refractivity contribution in [2.24, 2.45) is 0 Å². The zero-order valence-electron chi connectivity index (χ0n) is 19.9. The van der Waals surface area contributed by atoms with E-state index in [-0.39, 0.29) is 5.97 Å². The van der Waals surface area contributed by atoms with E-state index in [1.807, 2.05) is 109 Å². The van der Waals surface area contributed by atoms with Gasteiger partial charge in [-0.2, -0.15) is 0 Å². The summed E-state index contributed by atoms with van der Waals surface area (Å²) in [6.07, 6.45) is 3.37. The van der Waals surface area contributed by atoms with E-state index >= 15 is 0 Å². The van der Waals surface area contributed by atoms with Crippen LogP contribution >= 0.6 is 0 Å². The number of hydrogen-bond donors (Lipinski definition) is 0. The van der Waals surface area contributed by atoms with Crippen LogP contribution in [0.2, 0.25) is 0 Å². The van der Waals surface area contributed by atoms with Crippen molar-refractivity contribution >= 4 is 43.9 Å². The Morgan fingerprint density at radius 2 is 0.778 bits per heavy atom. The van der Waals surface area contributed by atoms with Gasteiger partial charge in [-0.3, -0.25) is 0 Å². The topological polar surface area (TPSA) is 26.3 Å². The van der Waals surface area contributed by atoms with E-state index in [9.17, 15) is 4.79 Å². The summed E-state index contributed by atoms with van der Waals surface area (Å²) >= 11 is -5.17. The van der Waals surface area contributed by atoms with Crippen molar-refractivity contribution in [2.75, 3.05) is 0 Å². The van der Waals surface area contributed by atoms with E-state index in [0.29, 0.717) is 0 Å². The zero-order valence-corrected chi connectivity index (χ0v) is 22.4. The van der Waals surface area contributed by atoms with Gasteiger partial charge in [-0.05, 0) is 0 Å². The van der Waals surface area contributed by atoms with E-state index in [4.69, 9.17) is 3.02 Å². The van der Waals surface area contributed by atoms with Gasteiger partial charge in [0.2, 0.25) is 0 Å². The molecule has 0 aromatic heterocycles. The van der Waals surface area contributed by atoms with Crippen molar-refractivity contribution in [1.29, 1.82) is 0 Å². The van der Waals surface area contributed by atoms with Crippen LogP contribution in [0.15, 0.2) is 158 Å². The molecule has 176 valence electrons. The van der Waals surface area contributed by atoms with E-state index in [2.05, 4.69) is 48.5 Å². The minimum atomic E-state index is -5.17. The standard InChI is InChI=1S/C9H8O2.4C6H5.Sb/c10-9(11)7-6-8-4-2-1-3-5-8;4*1-2-4-6-5-3-1;/h1-7H,(H,10,11);4*1-5H;/q;;;;;+1/p-1. The summed E-state index contributed by atoms with van der Waals surface area (Å²) in [5.74, 6) is -0.360. The number of carbonyl (C=O) groups is 1. The molecule has 0 aliphatic heterocycles. The number of hydrogen-bond acceptors (Lipinski definition) is 2. The summed E-state index contributed by atoms with van der Waals surface area (Å²) in [4.78, 5) is 13.9. The third kappa shape index (κ3) is 4.08. The summed E-state index contributed by atoms with van der Waals surface area (Å²) < 4.78 is 11.2. The van der Waals surface area contributed by atoms with Crippen LogP contribution in [0, 0.1) is 0 Å². The van der Waals surface area contributed by atoms with Crippen LogP contribution in [0.1, 0.15) is 5.56 Å². The maximum atomic E-state index is 13.9. The molecular formula is C33H27O2Sb. The fraction of sp³-hybridized carbons (Fsp3) is 0. The van der Waals surface area contributed by atoms with Crippen molar-refractivity contribution in [3.05, 3.63) is 163 Å². The molecule has 0 N–H and O–H groups in total. The van der Waals surface area contributed by atoms with E-state index in [1.165, 1.54) is 0 Å². The molecule has 5 rings (SSSR count). The fourth-order valence-corrected chi connectivity index (χ4v) is 20.9. The van der Waals surface area contributed by atoms with Gasteiger partial charge in [0.05, 0.1) is 0 Å². The normalized spacial score (nSPS) is 12.5. The van der Waals surface area contributed by atoms with Gasteiger partial charge in [0.1, 0.15) is 0 Å². The van der Waals surface area contributed by atoms with Gasteiger partial charge in [0.25, 0.3) is 0 Å².